The van der Waals surface area contributed by atoms with Gasteiger partial charge in [0.25, 0.3) is 0 Å². The topological polar surface area (TPSA) is 77.7 Å². The van der Waals surface area contributed by atoms with Gasteiger partial charge in [0.2, 0.25) is 15.5 Å². The van der Waals surface area contributed by atoms with Crippen molar-refractivity contribution >= 4 is 32.8 Å². The van der Waals surface area contributed by atoms with Crippen LogP contribution in [0.1, 0.15) is 65.6 Å². The molecule has 2 fully saturated rings. The molecule has 2 saturated heterocycles. The lowest BCUT2D eigenvalue weighted by molar-refractivity contribution is -0.535. The summed E-state index contributed by atoms with van der Waals surface area (Å²) in [6.45, 7) is 4.05. The number of fused-ring (bicyclic) bond motifs is 2. The van der Waals surface area contributed by atoms with Gasteiger partial charge in [0, 0.05) is 71.6 Å². The number of anilines is 1. The second kappa shape index (κ2) is 10.3. The first-order valence-corrected chi connectivity index (χ1v) is 15.4. The predicted octanol–water partition coefficient (Wildman–Crippen LogP) is 5.78. The van der Waals surface area contributed by atoms with E-state index < -0.39 is 49.9 Å². The van der Waals surface area contributed by atoms with Gasteiger partial charge in [0.1, 0.15) is 24.5 Å². The Morgan fingerprint density at radius 1 is 0.927 bits per heavy atom. The average molecular weight is 584 g/mol. The Bertz CT molecular complexity index is 1720. The van der Waals surface area contributed by atoms with E-state index >= 15 is 8.78 Å². The summed E-state index contributed by atoms with van der Waals surface area (Å²) >= 11 is 0. The Hall–Kier alpha value is -3.66. The minimum absolute atomic E-state index is 0.0517. The van der Waals surface area contributed by atoms with Crippen molar-refractivity contribution in [1.29, 1.82) is 0 Å². The number of carboxylic acid groups (broad SMARTS) is 1. The number of aromatic carboxylic acids is 1. The highest BCUT2D eigenvalue weighted by Crippen LogP contribution is 2.48. The third-order valence-corrected chi connectivity index (χ3v) is 10.3. The molecule has 1 N–H and O–H groups in total. The van der Waals surface area contributed by atoms with Crippen LogP contribution >= 0.6 is 0 Å². The Kier molecular flexibility index (Phi) is 6.92. The lowest BCUT2D eigenvalue weighted by atomic mass is 9.85. The van der Waals surface area contributed by atoms with Gasteiger partial charge in [-0.25, -0.2) is 31.0 Å². The highest BCUT2D eigenvalue weighted by atomic mass is 32.2. The van der Waals surface area contributed by atoms with Gasteiger partial charge in [-0.3, -0.25) is 0 Å². The number of carboxylic acids is 1. The summed E-state index contributed by atoms with van der Waals surface area (Å²) in [5.74, 6) is -6.37. The van der Waals surface area contributed by atoms with E-state index in [4.69, 9.17) is 0 Å². The number of halogens is 3. The Morgan fingerprint density at radius 2 is 1.61 bits per heavy atom. The number of allylic oxidation sites excluding steroid dienone is 4. The third kappa shape index (κ3) is 4.43. The van der Waals surface area contributed by atoms with Crippen molar-refractivity contribution in [2.24, 2.45) is 0 Å². The highest BCUT2D eigenvalue weighted by Gasteiger charge is 2.41. The SMILES string of the molecule is Cc1c(F)c(F)c(C(=O)O)c(C2=C3C=CC(=[N+]4CCCCC4)C=C3S(=O)(=O)c3cc(N4CCCCC4)ccc32)c1F. The van der Waals surface area contributed by atoms with Crippen molar-refractivity contribution < 1.29 is 36.1 Å². The molecule has 4 aliphatic rings. The summed E-state index contributed by atoms with van der Waals surface area (Å²) in [4.78, 5) is 14.1. The summed E-state index contributed by atoms with van der Waals surface area (Å²) in [5, 5.41) is 9.93. The molecule has 2 aromatic carbocycles. The maximum absolute atomic E-state index is 15.9. The number of nitrogens with zero attached hydrogens (tertiary/aromatic N) is 2. The van der Waals surface area contributed by atoms with Crippen molar-refractivity contribution in [1.82, 2.24) is 0 Å². The number of benzene rings is 2. The van der Waals surface area contributed by atoms with E-state index in [1.54, 1.807) is 12.1 Å². The Balaban J connectivity index is 1.69. The monoisotopic (exact) mass is 583 g/mol. The molecule has 214 valence electrons. The van der Waals surface area contributed by atoms with Gasteiger partial charge in [-0.2, -0.15) is 0 Å². The van der Waals surface area contributed by atoms with E-state index in [2.05, 4.69) is 9.48 Å². The van der Waals surface area contributed by atoms with Gasteiger partial charge < -0.3 is 10.0 Å². The molecule has 1 aliphatic carbocycles. The summed E-state index contributed by atoms with van der Waals surface area (Å²) in [5.41, 5.74) is -1.13. The minimum Gasteiger partial charge on any atom is -0.478 e. The first-order valence-electron chi connectivity index (χ1n) is 13.9. The molecular weight excluding hydrogens is 553 g/mol. The summed E-state index contributed by atoms with van der Waals surface area (Å²) in [7, 11) is -4.15. The van der Waals surface area contributed by atoms with Crippen LogP contribution in [0.4, 0.5) is 18.9 Å². The lowest BCUT2D eigenvalue weighted by Crippen LogP contribution is -2.30. The van der Waals surface area contributed by atoms with Crippen molar-refractivity contribution in [3.05, 3.63) is 86.6 Å². The molecule has 0 aromatic heterocycles. The number of rotatable bonds is 3. The standard InChI is InChI=1S/C31H29F3N2O4S/c1-18-28(32)26(27(31(37)38)30(34)29(18)33)25-21-10-8-19(35-12-4-2-5-13-35)16-23(21)41(39,40)24-17-20(9-11-22(24)25)36-14-6-3-7-15-36/h8-11,16-17H,2-7,12-15H2,1H3/p+1. The van der Waals surface area contributed by atoms with E-state index in [0.29, 0.717) is 11.4 Å². The fraction of sp³-hybridized carbons (Fsp3) is 0.355. The van der Waals surface area contributed by atoms with E-state index in [1.165, 1.54) is 24.3 Å². The number of sulfone groups is 1. The molecular formula is C31H30F3N2O4S+. The van der Waals surface area contributed by atoms with E-state index in [9.17, 15) is 22.7 Å². The van der Waals surface area contributed by atoms with Crippen LogP contribution < -0.4 is 4.90 Å². The molecule has 10 heteroatoms. The molecule has 6 nitrogen and oxygen atoms in total. The van der Waals surface area contributed by atoms with E-state index in [-0.39, 0.29) is 26.5 Å². The highest BCUT2D eigenvalue weighted by molar-refractivity contribution is 7.95. The molecule has 0 unspecified atom stereocenters. The van der Waals surface area contributed by atoms with Gasteiger partial charge in [-0.05, 0) is 50.8 Å². The minimum atomic E-state index is -4.15. The van der Waals surface area contributed by atoms with Gasteiger partial charge in [-0.15, -0.1) is 0 Å². The van der Waals surface area contributed by atoms with Crippen LogP contribution in [0.25, 0.3) is 5.57 Å². The van der Waals surface area contributed by atoms with Gasteiger partial charge >= 0.3 is 5.97 Å². The molecule has 0 spiro atoms. The zero-order valence-corrected chi connectivity index (χ0v) is 23.5. The zero-order valence-electron chi connectivity index (χ0n) is 22.6. The molecule has 0 radical (unpaired) electrons. The Morgan fingerprint density at radius 3 is 2.29 bits per heavy atom. The summed E-state index contributed by atoms with van der Waals surface area (Å²) < 4.78 is 76.2. The summed E-state index contributed by atoms with van der Waals surface area (Å²) in [6.07, 6.45) is 10.8. The van der Waals surface area contributed by atoms with Crippen LogP contribution in [0.15, 0.2) is 51.8 Å². The zero-order chi connectivity index (χ0) is 29.1. The van der Waals surface area contributed by atoms with Crippen LogP contribution in [0.2, 0.25) is 0 Å². The fourth-order valence-electron chi connectivity index (χ4n) is 6.32. The second-order valence-corrected chi connectivity index (χ2v) is 12.8. The maximum atomic E-state index is 15.9. The predicted molar refractivity (Wildman–Crippen MR) is 150 cm³/mol. The van der Waals surface area contributed by atoms with E-state index in [0.717, 1.165) is 71.6 Å². The van der Waals surface area contributed by atoms with Gasteiger partial charge in [0.05, 0.1) is 9.80 Å². The largest absolute Gasteiger partial charge is 0.478 e. The number of piperidine rings is 2. The number of hydrogen-bond donors (Lipinski definition) is 1. The van der Waals surface area contributed by atoms with Crippen molar-refractivity contribution in [2.75, 3.05) is 31.1 Å². The molecule has 0 saturated carbocycles. The molecule has 2 aromatic rings. The molecule has 0 amide bonds. The summed E-state index contributed by atoms with van der Waals surface area (Å²) in [6, 6.07) is 4.78. The van der Waals surface area contributed by atoms with Crippen molar-refractivity contribution in [3.8, 4) is 0 Å². The smallest absolute Gasteiger partial charge is 0.339 e. The second-order valence-electron chi connectivity index (χ2n) is 11.0. The van der Waals surface area contributed by atoms with Gasteiger partial charge in [-0.1, -0.05) is 6.07 Å². The molecule has 0 atom stereocenters. The van der Waals surface area contributed by atoms with Crippen molar-refractivity contribution in [2.45, 2.75) is 50.3 Å². The first kappa shape index (κ1) is 27.5. The lowest BCUT2D eigenvalue weighted by Gasteiger charge is -2.32. The third-order valence-electron chi connectivity index (χ3n) is 8.49. The first-order chi connectivity index (χ1) is 19.6. The van der Waals surface area contributed by atoms with Crippen LogP contribution in [0.3, 0.4) is 0 Å². The fourth-order valence-corrected chi connectivity index (χ4v) is 8.03. The quantitative estimate of drug-likeness (QED) is 0.366. The normalized spacial score (nSPS) is 20.1. The number of carbonyl (C=O) groups is 1. The molecule has 6 rings (SSSR count). The van der Waals surface area contributed by atoms with E-state index in [1.807, 2.05) is 0 Å². The molecule has 3 aliphatic heterocycles. The van der Waals surface area contributed by atoms with Crippen molar-refractivity contribution in [3.63, 3.8) is 0 Å². The maximum Gasteiger partial charge on any atom is 0.339 e. The van der Waals surface area contributed by atoms with Gasteiger partial charge in [0.15, 0.2) is 11.6 Å². The Labute approximate surface area is 236 Å². The average Bonchev–Trinajstić information content (AvgIpc) is 2.99. The molecule has 3 heterocycles. The van der Waals surface area contributed by atoms with Crippen LogP contribution in [0, 0.1) is 24.4 Å². The molecule has 0 bridgehead atoms. The van der Waals surface area contributed by atoms with Crippen LogP contribution in [-0.2, 0) is 9.84 Å². The van der Waals surface area contributed by atoms with Crippen LogP contribution in [-0.4, -0.2) is 56.0 Å². The molecule has 41 heavy (non-hydrogen) atoms. The number of hydrogen-bond acceptors (Lipinski definition) is 4. The van der Waals surface area contributed by atoms with Crippen LogP contribution in [0.5, 0.6) is 0 Å².